The Labute approximate surface area is 165 Å². The molecule has 28 heavy (non-hydrogen) atoms. The molecule has 0 saturated heterocycles. The van der Waals surface area contributed by atoms with Gasteiger partial charge in [0.15, 0.2) is 0 Å². The number of carbonyl (C=O) groups is 1. The van der Waals surface area contributed by atoms with Crippen LogP contribution in [0, 0.1) is 6.92 Å². The molecule has 3 aromatic rings. The third-order valence-electron chi connectivity index (χ3n) is 4.57. The van der Waals surface area contributed by atoms with E-state index in [-0.39, 0.29) is 10.8 Å². The maximum atomic E-state index is 12.8. The van der Waals surface area contributed by atoms with Gasteiger partial charge in [0.1, 0.15) is 0 Å². The lowest BCUT2D eigenvalue weighted by atomic mass is 10.1. The van der Waals surface area contributed by atoms with Gasteiger partial charge in [-0.1, -0.05) is 48.5 Å². The highest BCUT2D eigenvalue weighted by Gasteiger charge is 2.21. The Balaban J connectivity index is 1.78. The predicted molar refractivity (Wildman–Crippen MR) is 111 cm³/mol. The molecule has 3 aromatic carbocycles. The van der Waals surface area contributed by atoms with Crippen molar-refractivity contribution in [2.75, 3.05) is 11.4 Å². The number of carbonyl (C=O) groups excluding carboxylic acids is 1. The molecule has 3 rings (SSSR count). The van der Waals surface area contributed by atoms with Crippen LogP contribution < -0.4 is 9.62 Å². The largest absolute Gasteiger partial charge is 0.348 e. The van der Waals surface area contributed by atoms with Gasteiger partial charge in [-0.25, -0.2) is 8.42 Å². The van der Waals surface area contributed by atoms with E-state index in [0.717, 1.165) is 11.1 Å². The van der Waals surface area contributed by atoms with Crippen LogP contribution in [0.2, 0.25) is 0 Å². The second-order valence-electron chi connectivity index (χ2n) is 6.45. The molecule has 0 heterocycles. The van der Waals surface area contributed by atoms with Crippen LogP contribution in [0.25, 0.3) is 0 Å². The molecule has 1 N–H and O–H groups in total. The fourth-order valence-electron chi connectivity index (χ4n) is 2.82. The molecule has 6 heteroatoms. The number of sulfonamides is 1. The summed E-state index contributed by atoms with van der Waals surface area (Å²) in [5, 5.41) is 2.89. The second-order valence-corrected chi connectivity index (χ2v) is 8.41. The Morgan fingerprint density at radius 1 is 0.929 bits per heavy atom. The minimum Gasteiger partial charge on any atom is -0.348 e. The molecule has 0 aliphatic heterocycles. The van der Waals surface area contributed by atoms with Crippen LogP contribution in [-0.4, -0.2) is 21.4 Å². The molecule has 0 aromatic heterocycles. The first-order valence-corrected chi connectivity index (χ1v) is 10.3. The van der Waals surface area contributed by atoms with Gasteiger partial charge in [0.25, 0.3) is 15.9 Å². The number of nitrogens with one attached hydrogen (secondary N) is 1. The predicted octanol–water partition coefficient (Wildman–Crippen LogP) is 3.75. The first-order chi connectivity index (χ1) is 13.4. The van der Waals surface area contributed by atoms with Gasteiger partial charge >= 0.3 is 0 Å². The van der Waals surface area contributed by atoms with Crippen LogP contribution in [0.5, 0.6) is 0 Å². The van der Waals surface area contributed by atoms with Crippen LogP contribution in [0.1, 0.15) is 21.5 Å². The van der Waals surface area contributed by atoms with Crippen LogP contribution >= 0.6 is 0 Å². The molecular weight excluding hydrogens is 372 g/mol. The van der Waals surface area contributed by atoms with E-state index >= 15 is 0 Å². The maximum absolute atomic E-state index is 12.8. The van der Waals surface area contributed by atoms with E-state index in [2.05, 4.69) is 5.32 Å². The van der Waals surface area contributed by atoms with Gasteiger partial charge in [-0.2, -0.15) is 0 Å². The summed E-state index contributed by atoms with van der Waals surface area (Å²) in [6.07, 6.45) is 0. The first kappa shape index (κ1) is 19.6. The summed E-state index contributed by atoms with van der Waals surface area (Å²) in [6.45, 7) is 2.40. The zero-order valence-electron chi connectivity index (χ0n) is 15.8. The van der Waals surface area contributed by atoms with E-state index in [1.165, 1.54) is 11.4 Å². The smallest absolute Gasteiger partial charge is 0.264 e. The Bertz CT molecular complexity index is 1080. The summed E-state index contributed by atoms with van der Waals surface area (Å²) in [6, 6.07) is 22.6. The Morgan fingerprint density at radius 2 is 1.61 bits per heavy atom. The molecule has 0 aliphatic rings. The van der Waals surface area contributed by atoms with Crippen molar-refractivity contribution in [3.05, 3.63) is 95.6 Å². The van der Waals surface area contributed by atoms with Gasteiger partial charge in [-0.15, -0.1) is 0 Å². The fraction of sp³-hybridized carbons (Fsp3) is 0.136. The van der Waals surface area contributed by atoms with Crippen molar-refractivity contribution in [3.63, 3.8) is 0 Å². The van der Waals surface area contributed by atoms with E-state index in [0.29, 0.717) is 17.8 Å². The highest BCUT2D eigenvalue weighted by atomic mass is 32.2. The minimum absolute atomic E-state index is 0.201. The Morgan fingerprint density at radius 3 is 2.32 bits per heavy atom. The molecule has 0 fully saturated rings. The van der Waals surface area contributed by atoms with E-state index in [1.54, 1.807) is 54.6 Å². The maximum Gasteiger partial charge on any atom is 0.264 e. The Kier molecular flexibility index (Phi) is 5.80. The number of hydrogen-bond donors (Lipinski definition) is 1. The summed E-state index contributed by atoms with van der Waals surface area (Å²) < 4.78 is 26.8. The fourth-order valence-corrected chi connectivity index (χ4v) is 4.03. The van der Waals surface area contributed by atoms with Crippen molar-refractivity contribution >= 4 is 21.6 Å². The lowest BCUT2D eigenvalue weighted by molar-refractivity contribution is 0.0951. The van der Waals surface area contributed by atoms with Crippen molar-refractivity contribution in [3.8, 4) is 0 Å². The van der Waals surface area contributed by atoms with Crippen LogP contribution in [0.4, 0.5) is 5.69 Å². The number of anilines is 1. The lowest BCUT2D eigenvalue weighted by Crippen LogP contribution is -2.27. The SMILES string of the molecule is Cc1ccccc1CNC(=O)c1cccc(N(C)S(=O)(=O)c2ccccc2)c1. The number of nitrogens with zero attached hydrogens (tertiary/aromatic N) is 1. The van der Waals surface area contributed by atoms with E-state index in [4.69, 9.17) is 0 Å². The molecule has 0 radical (unpaired) electrons. The van der Waals surface area contributed by atoms with Crippen LogP contribution in [0.15, 0.2) is 83.8 Å². The summed E-state index contributed by atoms with van der Waals surface area (Å²) in [5.41, 5.74) is 2.97. The third kappa shape index (κ3) is 4.23. The average molecular weight is 394 g/mol. The highest BCUT2D eigenvalue weighted by Crippen LogP contribution is 2.22. The normalized spacial score (nSPS) is 11.1. The van der Waals surface area contributed by atoms with Gasteiger partial charge in [0, 0.05) is 19.2 Å². The average Bonchev–Trinajstić information content (AvgIpc) is 2.73. The quantitative estimate of drug-likeness (QED) is 0.692. The molecule has 0 atom stereocenters. The van der Waals surface area contributed by atoms with E-state index < -0.39 is 10.0 Å². The minimum atomic E-state index is -3.69. The molecule has 5 nitrogen and oxygen atoms in total. The first-order valence-electron chi connectivity index (χ1n) is 8.86. The number of amides is 1. The summed E-state index contributed by atoms with van der Waals surface area (Å²) in [4.78, 5) is 12.7. The topological polar surface area (TPSA) is 66.5 Å². The van der Waals surface area contributed by atoms with Crippen molar-refractivity contribution in [2.45, 2.75) is 18.4 Å². The second kappa shape index (κ2) is 8.27. The van der Waals surface area contributed by atoms with Gasteiger partial charge in [0.05, 0.1) is 10.6 Å². The highest BCUT2D eigenvalue weighted by molar-refractivity contribution is 7.92. The number of aryl methyl sites for hydroxylation is 1. The number of hydrogen-bond acceptors (Lipinski definition) is 3. The molecule has 144 valence electrons. The van der Waals surface area contributed by atoms with Gasteiger partial charge in [0.2, 0.25) is 0 Å². The number of rotatable bonds is 6. The molecule has 0 unspecified atom stereocenters. The molecule has 0 aliphatic carbocycles. The molecule has 1 amide bonds. The van der Waals surface area contributed by atoms with E-state index in [9.17, 15) is 13.2 Å². The summed E-state index contributed by atoms with van der Waals surface area (Å²) >= 11 is 0. The van der Waals surface area contributed by atoms with Gasteiger partial charge in [-0.3, -0.25) is 9.10 Å². The van der Waals surface area contributed by atoms with Gasteiger partial charge in [-0.05, 0) is 48.4 Å². The standard InChI is InChI=1S/C22H22N2O3S/c1-17-9-6-7-10-19(17)16-23-22(25)18-11-8-12-20(15-18)24(2)28(26,27)21-13-4-3-5-14-21/h3-15H,16H2,1-2H3,(H,23,25). The van der Waals surface area contributed by atoms with Crippen molar-refractivity contribution in [2.24, 2.45) is 0 Å². The monoisotopic (exact) mass is 394 g/mol. The zero-order valence-corrected chi connectivity index (χ0v) is 16.6. The molecule has 0 spiro atoms. The van der Waals surface area contributed by atoms with Gasteiger partial charge < -0.3 is 5.32 Å². The van der Waals surface area contributed by atoms with Crippen molar-refractivity contribution in [1.29, 1.82) is 0 Å². The zero-order chi connectivity index (χ0) is 20.1. The molecular formula is C22H22N2O3S. The van der Waals surface area contributed by atoms with Crippen molar-refractivity contribution < 1.29 is 13.2 Å². The lowest BCUT2D eigenvalue weighted by Gasteiger charge is -2.20. The van der Waals surface area contributed by atoms with Crippen LogP contribution in [-0.2, 0) is 16.6 Å². The summed E-state index contributed by atoms with van der Waals surface area (Å²) in [7, 11) is -2.21. The van der Waals surface area contributed by atoms with Crippen LogP contribution in [0.3, 0.4) is 0 Å². The van der Waals surface area contributed by atoms with Crippen molar-refractivity contribution in [1.82, 2.24) is 5.32 Å². The summed E-state index contributed by atoms with van der Waals surface area (Å²) in [5.74, 6) is -0.254. The molecule has 0 bridgehead atoms. The third-order valence-corrected chi connectivity index (χ3v) is 6.37. The molecule has 0 saturated carbocycles. The number of benzene rings is 3. The van der Waals surface area contributed by atoms with E-state index in [1.807, 2.05) is 31.2 Å². The Hall–Kier alpha value is -3.12.